The Balaban J connectivity index is 1.75. The van der Waals surface area contributed by atoms with Crippen molar-refractivity contribution in [2.45, 2.75) is 12.5 Å². The van der Waals surface area contributed by atoms with Crippen LogP contribution in [0.5, 0.6) is 0 Å². The number of nitrogens with zero attached hydrogens (tertiary/aromatic N) is 1. The van der Waals surface area contributed by atoms with Crippen LogP contribution in [-0.4, -0.2) is 22.5 Å². The lowest BCUT2D eigenvalue weighted by molar-refractivity contribution is -0.129. The van der Waals surface area contributed by atoms with Gasteiger partial charge >= 0.3 is 0 Å². The minimum absolute atomic E-state index is 0.167. The van der Waals surface area contributed by atoms with Crippen molar-refractivity contribution in [3.8, 4) is 0 Å². The summed E-state index contributed by atoms with van der Waals surface area (Å²) >= 11 is 3.63. The molecule has 1 N–H and O–H groups in total. The van der Waals surface area contributed by atoms with Crippen molar-refractivity contribution in [2.24, 2.45) is 0 Å². The van der Waals surface area contributed by atoms with Gasteiger partial charge in [-0.1, -0.05) is 94.8 Å². The number of carbonyl (C=O) groups excluding carboxylic acids is 1. The smallest absolute Gasteiger partial charge is 0.289 e. The van der Waals surface area contributed by atoms with Crippen LogP contribution >= 0.6 is 15.9 Å². The number of aliphatic hydroxyl groups excluding tert-OH is 1. The van der Waals surface area contributed by atoms with Crippen molar-refractivity contribution >= 4 is 27.4 Å². The molecule has 0 saturated carbocycles. The summed E-state index contributed by atoms with van der Waals surface area (Å²) in [5, 5.41) is 10.8. The third-order valence-corrected chi connectivity index (χ3v) is 5.79. The van der Waals surface area contributed by atoms with Gasteiger partial charge in [0.2, 0.25) is 0 Å². The maximum Gasteiger partial charge on any atom is 0.289 e. The lowest BCUT2D eigenvalue weighted by Gasteiger charge is -2.28. The monoisotopic (exact) mass is 433 g/mol. The molecule has 1 heterocycles. The Labute approximate surface area is 173 Å². The van der Waals surface area contributed by atoms with E-state index in [2.05, 4.69) is 28.1 Å². The van der Waals surface area contributed by atoms with E-state index in [0.717, 1.165) is 27.6 Å². The minimum atomic E-state index is -0.339. The molecule has 1 amide bonds. The van der Waals surface area contributed by atoms with E-state index in [1.807, 2.05) is 72.8 Å². The second-order valence-corrected chi connectivity index (χ2v) is 7.64. The zero-order valence-corrected chi connectivity index (χ0v) is 16.8. The second-order valence-electron chi connectivity index (χ2n) is 6.79. The zero-order chi connectivity index (χ0) is 19.5. The van der Waals surface area contributed by atoms with Crippen LogP contribution in [0.25, 0.3) is 5.57 Å². The van der Waals surface area contributed by atoms with Gasteiger partial charge in [-0.2, -0.15) is 0 Å². The van der Waals surface area contributed by atoms with Crippen molar-refractivity contribution in [3.05, 3.63) is 112 Å². The molecule has 1 aliphatic heterocycles. The normalized spacial score (nSPS) is 16.7. The molecule has 0 aliphatic carbocycles. The van der Waals surface area contributed by atoms with Crippen LogP contribution in [0.4, 0.5) is 0 Å². The van der Waals surface area contributed by atoms with E-state index in [1.54, 1.807) is 4.90 Å². The zero-order valence-electron chi connectivity index (χ0n) is 15.3. The Morgan fingerprint density at radius 2 is 1.46 bits per heavy atom. The molecular formula is C24H20BrNO2. The first-order chi connectivity index (χ1) is 13.7. The summed E-state index contributed by atoms with van der Waals surface area (Å²) in [6.07, 6.45) is 0.725. The molecule has 0 spiro atoms. The molecule has 4 heteroatoms. The third-order valence-electron chi connectivity index (χ3n) is 5.07. The molecule has 3 nitrogen and oxygen atoms in total. The topological polar surface area (TPSA) is 40.5 Å². The van der Waals surface area contributed by atoms with Gasteiger partial charge < -0.3 is 10.0 Å². The summed E-state index contributed by atoms with van der Waals surface area (Å²) in [5.41, 5.74) is 3.64. The quantitative estimate of drug-likeness (QED) is 0.573. The predicted octanol–water partition coefficient (Wildman–Crippen LogP) is 5.54. The van der Waals surface area contributed by atoms with Gasteiger partial charge in [0.15, 0.2) is 5.76 Å². The molecule has 140 valence electrons. The van der Waals surface area contributed by atoms with Crippen molar-refractivity contribution < 1.29 is 9.90 Å². The molecule has 1 aliphatic rings. The molecule has 0 saturated heterocycles. The van der Waals surface area contributed by atoms with Gasteiger partial charge in [-0.3, -0.25) is 4.79 Å². The number of hydrogen-bond donors (Lipinski definition) is 1. The second kappa shape index (κ2) is 8.03. The fourth-order valence-corrected chi connectivity index (χ4v) is 4.21. The minimum Gasteiger partial charge on any atom is -0.503 e. The summed E-state index contributed by atoms with van der Waals surface area (Å²) in [7, 11) is 0. The van der Waals surface area contributed by atoms with E-state index in [1.165, 1.54) is 0 Å². The highest BCUT2D eigenvalue weighted by Crippen LogP contribution is 2.44. The molecule has 0 aromatic heterocycles. The van der Waals surface area contributed by atoms with E-state index in [9.17, 15) is 9.90 Å². The molecule has 4 rings (SSSR count). The fraction of sp³-hybridized carbons (Fsp3) is 0.125. The van der Waals surface area contributed by atoms with Gasteiger partial charge in [-0.15, -0.1) is 0 Å². The summed E-state index contributed by atoms with van der Waals surface area (Å²) in [6, 6.07) is 27.3. The van der Waals surface area contributed by atoms with Gasteiger partial charge in [-0.25, -0.2) is 0 Å². The predicted molar refractivity (Wildman–Crippen MR) is 115 cm³/mol. The largest absolute Gasteiger partial charge is 0.503 e. The van der Waals surface area contributed by atoms with Crippen molar-refractivity contribution in [2.75, 3.05) is 6.54 Å². The molecule has 0 fully saturated rings. The first-order valence-corrected chi connectivity index (χ1v) is 10.0. The first kappa shape index (κ1) is 18.5. The molecule has 0 unspecified atom stereocenters. The van der Waals surface area contributed by atoms with Crippen LogP contribution in [0.1, 0.15) is 22.7 Å². The Bertz CT molecular complexity index is 1020. The first-order valence-electron chi connectivity index (χ1n) is 9.24. The van der Waals surface area contributed by atoms with Gasteiger partial charge in [0, 0.05) is 16.6 Å². The maximum atomic E-state index is 13.0. The molecule has 0 bridgehead atoms. The molecule has 28 heavy (non-hydrogen) atoms. The van der Waals surface area contributed by atoms with Crippen molar-refractivity contribution in [1.29, 1.82) is 0 Å². The Morgan fingerprint density at radius 3 is 2.14 bits per heavy atom. The number of amides is 1. The molecule has 0 radical (unpaired) electrons. The van der Waals surface area contributed by atoms with E-state index in [0.29, 0.717) is 12.1 Å². The highest BCUT2D eigenvalue weighted by atomic mass is 79.9. The molecule has 1 atom stereocenters. The number of benzene rings is 3. The Morgan fingerprint density at radius 1 is 0.857 bits per heavy atom. The van der Waals surface area contributed by atoms with Crippen LogP contribution in [-0.2, 0) is 11.2 Å². The molecule has 3 aromatic rings. The van der Waals surface area contributed by atoms with Gasteiger partial charge in [0.1, 0.15) is 0 Å². The SMILES string of the molecule is O=C1C(O)=C(c2ccccc2)[C@@H](c2ccccc2Br)N1CCc1ccccc1. The number of aliphatic hydroxyl groups is 1. The summed E-state index contributed by atoms with van der Waals surface area (Å²) < 4.78 is 0.917. The molecular weight excluding hydrogens is 414 g/mol. The number of rotatable bonds is 5. The van der Waals surface area contributed by atoms with Crippen LogP contribution in [0, 0.1) is 0 Å². The van der Waals surface area contributed by atoms with Crippen molar-refractivity contribution in [1.82, 2.24) is 4.90 Å². The average Bonchev–Trinajstić information content (AvgIpc) is 2.98. The Kier molecular flexibility index (Phi) is 5.31. The lowest BCUT2D eigenvalue weighted by Crippen LogP contribution is -2.32. The number of carbonyl (C=O) groups is 1. The number of hydrogen-bond acceptors (Lipinski definition) is 2. The standard InChI is InChI=1S/C24H20BrNO2/c25-20-14-8-7-13-19(20)22-21(18-11-5-2-6-12-18)23(27)24(28)26(22)16-15-17-9-3-1-4-10-17/h1-14,22,27H,15-16H2/t22-/m1/s1. The summed E-state index contributed by atoms with van der Waals surface area (Å²) in [5.74, 6) is -0.490. The summed E-state index contributed by atoms with van der Waals surface area (Å²) in [4.78, 5) is 14.8. The van der Waals surface area contributed by atoms with Gasteiger partial charge in [-0.05, 0) is 29.2 Å². The maximum absolute atomic E-state index is 13.0. The van der Waals surface area contributed by atoms with E-state index in [-0.39, 0.29) is 17.7 Å². The van der Waals surface area contributed by atoms with Crippen LogP contribution in [0.3, 0.4) is 0 Å². The van der Waals surface area contributed by atoms with Crippen molar-refractivity contribution in [3.63, 3.8) is 0 Å². The van der Waals surface area contributed by atoms with E-state index in [4.69, 9.17) is 0 Å². The number of halogens is 1. The molecule has 3 aromatic carbocycles. The summed E-state index contributed by atoms with van der Waals surface area (Å²) in [6.45, 7) is 0.523. The fourth-order valence-electron chi connectivity index (χ4n) is 3.71. The highest BCUT2D eigenvalue weighted by Gasteiger charge is 2.41. The Hall–Kier alpha value is -2.85. The lowest BCUT2D eigenvalue weighted by atomic mass is 9.93. The third kappa shape index (κ3) is 3.48. The van der Waals surface area contributed by atoms with Gasteiger partial charge in [0.25, 0.3) is 5.91 Å². The average molecular weight is 434 g/mol. The van der Waals surface area contributed by atoms with E-state index < -0.39 is 0 Å². The van der Waals surface area contributed by atoms with E-state index >= 15 is 0 Å². The van der Waals surface area contributed by atoms with Crippen LogP contribution in [0.2, 0.25) is 0 Å². The van der Waals surface area contributed by atoms with Crippen LogP contribution in [0.15, 0.2) is 95.2 Å². The highest BCUT2D eigenvalue weighted by molar-refractivity contribution is 9.10. The van der Waals surface area contributed by atoms with Gasteiger partial charge in [0.05, 0.1) is 6.04 Å². The van der Waals surface area contributed by atoms with Crippen LogP contribution < -0.4 is 0 Å².